The molecule has 1 aromatic carbocycles. The number of amides is 1. The van der Waals surface area contributed by atoms with Crippen LogP contribution < -0.4 is 9.46 Å². The van der Waals surface area contributed by atoms with Crippen LogP contribution in [0.5, 0.6) is 5.75 Å². The summed E-state index contributed by atoms with van der Waals surface area (Å²) in [4.78, 5) is 11.2. The van der Waals surface area contributed by atoms with E-state index in [1.54, 1.807) is 4.72 Å². The number of rotatable bonds is 4. The first kappa shape index (κ1) is 16.1. The highest BCUT2D eigenvalue weighted by atomic mass is 32.2. The van der Waals surface area contributed by atoms with Gasteiger partial charge in [0.2, 0.25) is 0 Å². The molecular formula is C10H8F4N2O5S. The van der Waals surface area contributed by atoms with Crippen molar-refractivity contribution in [3.05, 3.63) is 24.0 Å². The zero-order chi connectivity index (χ0) is 16.5. The molecule has 12 heteroatoms. The van der Waals surface area contributed by atoms with Crippen molar-refractivity contribution in [2.45, 2.75) is 6.36 Å². The summed E-state index contributed by atoms with van der Waals surface area (Å²) in [6.07, 6.45) is -6.19. The van der Waals surface area contributed by atoms with E-state index in [-0.39, 0.29) is 17.5 Å². The Morgan fingerprint density at radius 2 is 2.00 bits per heavy atom. The third-order valence-electron chi connectivity index (χ3n) is 2.42. The Morgan fingerprint density at radius 1 is 1.32 bits per heavy atom. The molecule has 0 aliphatic carbocycles. The quantitative estimate of drug-likeness (QED) is 0.843. The monoisotopic (exact) mass is 344 g/mol. The zero-order valence-electron chi connectivity index (χ0n) is 10.6. The summed E-state index contributed by atoms with van der Waals surface area (Å²) in [5, 5.41) is 0. The standard InChI is InChI=1S/C10H8F4N2O5S/c11-7-2-1-6(21-10(12,13)14)5-8(7)15-22(18,19)16-3-4-20-9(16)17/h1-2,5,15H,3-4H2. The van der Waals surface area contributed by atoms with Gasteiger partial charge in [0.25, 0.3) is 0 Å². The van der Waals surface area contributed by atoms with E-state index in [1.165, 1.54) is 0 Å². The van der Waals surface area contributed by atoms with Gasteiger partial charge >= 0.3 is 22.7 Å². The summed E-state index contributed by atoms with van der Waals surface area (Å²) in [6, 6.07) is 1.76. The zero-order valence-corrected chi connectivity index (χ0v) is 11.4. The molecule has 7 nitrogen and oxygen atoms in total. The van der Waals surface area contributed by atoms with Crippen LogP contribution in [-0.4, -0.2) is 38.3 Å². The first-order valence-electron chi connectivity index (χ1n) is 5.61. The lowest BCUT2D eigenvalue weighted by molar-refractivity contribution is -0.274. The summed E-state index contributed by atoms with van der Waals surface area (Å²) in [7, 11) is -4.51. The number of hydrogen-bond acceptors (Lipinski definition) is 5. The summed E-state index contributed by atoms with van der Waals surface area (Å²) in [5.74, 6) is -1.97. The van der Waals surface area contributed by atoms with Crippen LogP contribution in [0.1, 0.15) is 0 Å². The van der Waals surface area contributed by atoms with Gasteiger partial charge in [-0.15, -0.1) is 13.2 Å². The second kappa shape index (κ2) is 5.51. The van der Waals surface area contributed by atoms with E-state index in [2.05, 4.69) is 9.47 Å². The molecule has 0 aromatic heterocycles. The Morgan fingerprint density at radius 3 is 2.55 bits per heavy atom. The minimum Gasteiger partial charge on any atom is -0.447 e. The molecule has 1 aliphatic heterocycles. The average Bonchev–Trinajstić information content (AvgIpc) is 2.78. The Hall–Kier alpha value is -2.24. The fourth-order valence-corrected chi connectivity index (χ4v) is 2.68. The Bertz CT molecular complexity index is 691. The molecule has 1 amide bonds. The lowest BCUT2D eigenvalue weighted by Gasteiger charge is -2.16. The van der Waals surface area contributed by atoms with Gasteiger partial charge in [-0.2, -0.15) is 12.7 Å². The molecule has 22 heavy (non-hydrogen) atoms. The van der Waals surface area contributed by atoms with E-state index in [9.17, 15) is 30.8 Å². The Labute approximate surface area is 121 Å². The first-order chi connectivity index (χ1) is 10.1. The van der Waals surface area contributed by atoms with Crippen LogP contribution in [0.4, 0.5) is 28.0 Å². The van der Waals surface area contributed by atoms with Crippen molar-refractivity contribution in [1.29, 1.82) is 0 Å². The van der Waals surface area contributed by atoms with Crippen LogP contribution in [0.2, 0.25) is 0 Å². The second-order valence-electron chi connectivity index (χ2n) is 3.98. The van der Waals surface area contributed by atoms with E-state index in [1.807, 2.05) is 0 Å². The third kappa shape index (κ3) is 3.69. The van der Waals surface area contributed by atoms with Crippen molar-refractivity contribution in [3.8, 4) is 5.75 Å². The lowest BCUT2D eigenvalue weighted by atomic mass is 10.3. The highest BCUT2D eigenvalue weighted by Crippen LogP contribution is 2.28. The summed E-state index contributed by atoms with van der Waals surface area (Å²) >= 11 is 0. The Balaban J connectivity index is 2.25. The van der Waals surface area contributed by atoms with Gasteiger partial charge in [0.1, 0.15) is 18.2 Å². The normalized spacial score (nSPS) is 15.6. The van der Waals surface area contributed by atoms with Crippen molar-refractivity contribution in [2.75, 3.05) is 17.9 Å². The van der Waals surface area contributed by atoms with Crippen LogP contribution in [0, 0.1) is 5.82 Å². The van der Waals surface area contributed by atoms with E-state index >= 15 is 0 Å². The molecule has 1 fully saturated rings. The van der Waals surface area contributed by atoms with Crippen LogP contribution in [0.3, 0.4) is 0 Å². The summed E-state index contributed by atoms with van der Waals surface area (Å²) < 4.78 is 83.4. The van der Waals surface area contributed by atoms with Gasteiger partial charge in [-0.25, -0.2) is 9.18 Å². The van der Waals surface area contributed by atoms with Gasteiger partial charge in [-0.05, 0) is 12.1 Å². The van der Waals surface area contributed by atoms with Crippen LogP contribution in [0.25, 0.3) is 0 Å². The molecule has 122 valence electrons. The lowest BCUT2D eigenvalue weighted by Crippen LogP contribution is -2.36. The van der Waals surface area contributed by atoms with E-state index in [0.717, 1.165) is 0 Å². The van der Waals surface area contributed by atoms with Crippen LogP contribution >= 0.6 is 0 Å². The van der Waals surface area contributed by atoms with Gasteiger partial charge in [0.05, 0.1) is 12.2 Å². The van der Waals surface area contributed by atoms with E-state index < -0.39 is 39.9 Å². The molecule has 1 N–H and O–H groups in total. The largest absolute Gasteiger partial charge is 0.573 e. The maximum Gasteiger partial charge on any atom is 0.573 e. The van der Waals surface area contributed by atoms with Crippen molar-refractivity contribution in [3.63, 3.8) is 0 Å². The maximum absolute atomic E-state index is 13.5. The summed E-state index contributed by atoms with van der Waals surface area (Å²) in [5.41, 5.74) is -0.804. The summed E-state index contributed by atoms with van der Waals surface area (Å²) in [6.45, 7) is -0.478. The van der Waals surface area contributed by atoms with Crippen molar-refractivity contribution in [2.24, 2.45) is 0 Å². The number of alkyl halides is 3. The van der Waals surface area contributed by atoms with Gasteiger partial charge in [-0.1, -0.05) is 0 Å². The van der Waals surface area contributed by atoms with Crippen molar-refractivity contribution in [1.82, 2.24) is 4.31 Å². The molecule has 1 heterocycles. The first-order valence-corrected chi connectivity index (χ1v) is 7.05. The smallest absolute Gasteiger partial charge is 0.447 e. The predicted octanol–water partition coefficient (Wildman–Crippen LogP) is 1.83. The van der Waals surface area contributed by atoms with Crippen LogP contribution in [0.15, 0.2) is 18.2 Å². The van der Waals surface area contributed by atoms with E-state index in [4.69, 9.17) is 0 Å². The number of nitrogens with zero attached hydrogens (tertiary/aromatic N) is 1. The van der Waals surface area contributed by atoms with Gasteiger partial charge < -0.3 is 9.47 Å². The molecule has 0 atom stereocenters. The number of nitrogens with one attached hydrogen (secondary N) is 1. The minimum atomic E-state index is -5.02. The molecule has 1 aliphatic rings. The predicted molar refractivity (Wildman–Crippen MR) is 63.7 cm³/mol. The topological polar surface area (TPSA) is 84.9 Å². The number of benzene rings is 1. The molecule has 0 spiro atoms. The van der Waals surface area contributed by atoms with Gasteiger partial charge in [-0.3, -0.25) is 4.72 Å². The molecule has 2 rings (SSSR count). The molecular weight excluding hydrogens is 336 g/mol. The molecule has 0 saturated carbocycles. The number of halogens is 4. The second-order valence-corrected chi connectivity index (χ2v) is 5.58. The number of hydrogen-bond donors (Lipinski definition) is 1. The maximum atomic E-state index is 13.5. The minimum absolute atomic E-state index is 0.181. The number of ether oxygens (including phenoxy) is 2. The number of anilines is 1. The van der Waals surface area contributed by atoms with E-state index in [0.29, 0.717) is 18.2 Å². The van der Waals surface area contributed by atoms with Gasteiger partial charge in [0.15, 0.2) is 0 Å². The molecule has 0 radical (unpaired) electrons. The number of carbonyl (C=O) groups excluding carboxylic acids is 1. The molecule has 1 saturated heterocycles. The number of carbonyl (C=O) groups is 1. The van der Waals surface area contributed by atoms with Crippen LogP contribution in [-0.2, 0) is 14.9 Å². The Kier molecular flexibility index (Phi) is 4.04. The molecule has 0 bridgehead atoms. The number of cyclic esters (lactones) is 1. The highest BCUT2D eigenvalue weighted by molar-refractivity contribution is 7.90. The fourth-order valence-electron chi connectivity index (χ4n) is 1.57. The highest BCUT2D eigenvalue weighted by Gasteiger charge is 2.35. The van der Waals surface area contributed by atoms with Gasteiger partial charge in [0, 0.05) is 6.07 Å². The molecule has 1 aromatic rings. The third-order valence-corrected chi connectivity index (χ3v) is 3.81. The fraction of sp³-hybridized carbons (Fsp3) is 0.300. The average molecular weight is 344 g/mol. The van der Waals surface area contributed by atoms with Crippen molar-refractivity contribution >= 4 is 22.0 Å². The van der Waals surface area contributed by atoms with Crippen molar-refractivity contribution < 1.29 is 40.2 Å². The molecule has 0 unspecified atom stereocenters. The SMILES string of the molecule is O=C1OCCN1S(=O)(=O)Nc1cc(OC(F)(F)F)ccc1F.